The highest BCUT2D eigenvalue weighted by atomic mass is 16.5. The van der Waals surface area contributed by atoms with E-state index in [4.69, 9.17) is 4.42 Å². The van der Waals surface area contributed by atoms with Gasteiger partial charge in [-0.3, -0.25) is 4.79 Å². The molecule has 5 nitrogen and oxygen atoms in total. The van der Waals surface area contributed by atoms with Crippen LogP contribution in [0.15, 0.2) is 47.1 Å². The van der Waals surface area contributed by atoms with Crippen molar-refractivity contribution in [3.05, 3.63) is 54.0 Å². The smallest absolute Gasteiger partial charge is 0.337 e. The van der Waals surface area contributed by atoms with Crippen LogP contribution in [-0.2, 0) is 9.53 Å². The molecule has 1 amide bonds. The molecule has 2 atom stereocenters. The van der Waals surface area contributed by atoms with E-state index in [0.29, 0.717) is 11.3 Å². The summed E-state index contributed by atoms with van der Waals surface area (Å²) in [6, 6.07) is 10.4. The van der Waals surface area contributed by atoms with Crippen molar-refractivity contribution in [2.45, 2.75) is 12.3 Å². The summed E-state index contributed by atoms with van der Waals surface area (Å²) in [7, 11) is 1.33. The van der Waals surface area contributed by atoms with Gasteiger partial charge in [0.15, 0.2) is 0 Å². The molecular weight excluding hydrogens is 270 g/mol. The monoisotopic (exact) mass is 285 g/mol. The van der Waals surface area contributed by atoms with Crippen molar-refractivity contribution in [1.82, 2.24) is 0 Å². The Bertz CT molecular complexity index is 663. The number of furan rings is 1. The number of hydrogen-bond acceptors (Lipinski definition) is 4. The van der Waals surface area contributed by atoms with Crippen molar-refractivity contribution in [3.63, 3.8) is 0 Å². The summed E-state index contributed by atoms with van der Waals surface area (Å²) in [5, 5.41) is 2.83. The molecule has 2 aromatic rings. The highest BCUT2D eigenvalue weighted by molar-refractivity contribution is 5.97. The van der Waals surface area contributed by atoms with Crippen LogP contribution in [0.2, 0.25) is 0 Å². The Morgan fingerprint density at radius 2 is 2.14 bits per heavy atom. The van der Waals surface area contributed by atoms with Gasteiger partial charge in [0.2, 0.25) is 5.91 Å². The van der Waals surface area contributed by atoms with Crippen LogP contribution in [0, 0.1) is 5.92 Å². The summed E-state index contributed by atoms with van der Waals surface area (Å²) in [5.74, 6) is 0.449. The zero-order valence-electron chi connectivity index (χ0n) is 11.5. The molecule has 0 spiro atoms. The van der Waals surface area contributed by atoms with Crippen LogP contribution in [0.1, 0.15) is 28.5 Å². The molecule has 5 heteroatoms. The van der Waals surface area contributed by atoms with Crippen LogP contribution < -0.4 is 5.32 Å². The van der Waals surface area contributed by atoms with Crippen molar-refractivity contribution < 1.29 is 18.7 Å². The number of methoxy groups -OCH3 is 1. The Kier molecular flexibility index (Phi) is 3.48. The van der Waals surface area contributed by atoms with Crippen LogP contribution in [0.4, 0.5) is 5.69 Å². The Hall–Kier alpha value is -2.56. The van der Waals surface area contributed by atoms with Gasteiger partial charge in [0.1, 0.15) is 5.76 Å². The Balaban J connectivity index is 1.65. The van der Waals surface area contributed by atoms with E-state index in [1.54, 1.807) is 30.5 Å². The molecule has 1 aliphatic rings. The number of amides is 1. The fourth-order valence-electron chi connectivity index (χ4n) is 2.38. The van der Waals surface area contributed by atoms with Crippen LogP contribution in [-0.4, -0.2) is 19.0 Å². The maximum Gasteiger partial charge on any atom is 0.337 e. The molecular formula is C16H15NO4. The van der Waals surface area contributed by atoms with Gasteiger partial charge >= 0.3 is 5.97 Å². The van der Waals surface area contributed by atoms with E-state index >= 15 is 0 Å². The zero-order chi connectivity index (χ0) is 14.8. The molecule has 1 aromatic carbocycles. The molecule has 108 valence electrons. The predicted octanol–water partition coefficient (Wildman–Crippen LogP) is 2.81. The number of carbonyl (C=O) groups excluding carboxylic acids is 2. The lowest BCUT2D eigenvalue weighted by atomic mass is 10.2. The second-order valence-electron chi connectivity index (χ2n) is 5.03. The summed E-state index contributed by atoms with van der Waals surface area (Å²) in [4.78, 5) is 23.6. The van der Waals surface area contributed by atoms with Crippen molar-refractivity contribution in [2.75, 3.05) is 12.4 Å². The Labute approximate surface area is 121 Å². The van der Waals surface area contributed by atoms with E-state index in [1.807, 2.05) is 12.1 Å². The molecule has 1 aliphatic carbocycles. The van der Waals surface area contributed by atoms with Gasteiger partial charge in [0, 0.05) is 17.5 Å². The number of nitrogens with one attached hydrogen (secondary N) is 1. The first-order valence-corrected chi connectivity index (χ1v) is 6.71. The van der Waals surface area contributed by atoms with Gasteiger partial charge in [0.25, 0.3) is 0 Å². The lowest BCUT2D eigenvalue weighted by Gasteiger charge is -2.06. The van der Waals surface area contributed by atoms with Gasteiger partial charge in [-0.25, -0.2) is 4.79 Å². The lowest BCUT2D eigenvalue weighted by molar-refractivity contribution is -0.117. The van der Waals surface area contributed by atoms with E-state index in [9.17, 15) is 9.59 Å². The summed E-state index contributed by atoms with van der Waals surface area (Å²) in [6.07, 6.45) is 2.40. The fourth-order valence-corrected chi connectivity index (χ4v) is 2.38. The van der Waals surface area contributed by atoms with Gasteiger partial charge in [-0.05, 0) is 36.8 Å². The molecule has 0 bridgehead atoms. The van der Waals surface area contributed by atoms with E-state index < -0.39 is 5.97 Å². The topological polar surface area (TPSA) is 68.5 Å². The molecule has 1 heterocycles. The average molecular weight is 285 g/mol. The number of ether oxygens (including phenoxy) is 1. The van der Waals surface area contributed by atoms with Crippen LogP contribution in [0.3, 0.4) is 0 Å². The third-order valence-electron chi connectivity index (χ3n) is 3.59. The van der Waals surface area contributed by atoms with E-state index in [0.717, 1.165) is 12.2 Å². The van der Waals surface area contributed by atoms with Gasteiger partial charge < -0.3 is 14.5 Å². The standard InChI is InChI=1S/C16H15NO4/c1-20-16(19)10-4-2-5-11(8-10)17-15(18)13-9-12(13)14-6-3-7-21-14/h2-8,12-13H,9H2,1H3,(H,17,18). The zero-order valence-corrected chi connectivity index (χ0v) is 11.5. The average Bonchev–Trinajstić information content (AvgIpc) is 3.13. The van der Waals surface area contributed by atoms with E-state index in [-0.39, 0.29) is 17.7 Å². The number of benzene rings is 1. The highest BCUT2D eigenvalue weighted by Gasteiger charge is 2.45. The maximum atomic E-state index is 12.2. The molecule has 1 saturated carbocycles. The quantitative estimate of drug-likeness (QED) is 0.877. The van der Waals surface area contributed by atoms with Gasteiger partial charge in [-0.15, -0.1) is 0 Å². The molecule has 1 fully saturated rings. The highest BCUT2D eigenvalue weighted by Crippen LogP contribution is 2.48. The Morgan fingerprint density at radius 1 is 1.29 bits per heavy atom. The van der Waals surface area contributed by atoms with Crippen LogP contribution in [0.25, 0.3) is 0 Å². The fraction of sp³-hybridized carbons (Fsp3) is 0.250. The van der Waals surface area contributed by atoms with Crippen molar-refractivity contribution in [3.8, 4) is 0 Å². The minimum Gasteiger partial charge on any atom is -0.469 e. The minimum atomic E-state index is -0.425. The number of esters is 1. The maximum absolute atomic E-state index is 12.2. The second-order valence-corrected chi connectivity index (χ2v) is 5.03. The third-order valence-corrected chi connectivity index (χ3v) is 3.59. The van der Waals surface area contributed by atoms with E-state index in [2.05, 4.69) is 10.1 Å². The van der Waals surface area contributed by atoms with Crippen molar-refractivity contribution in [2.24, 2.45) is 5.92 Å². The van der Waals surface area contributed by atoms with Crippen LogP contribution >= 0.6 is 0 Å². The lowest BCUT2D eigenvalue weighted by Crippen LogP contribution is -2.15. The first-order valence-electron chi connectivity index (χ1n) is 6.71. The SMILES string of the molecule is COC(=O)c1cccc(NC(=O)C2CC2c2ccco2)c1. The van der Waals surface area contributed by atoms with E-state index in [1.165, 1.54) is 7.11 Å². The summed E-state index contributed by atoms with van der Waals surface area (Å²) < 4.78 is 9.97. The molecule has 1 N–H and O–H groups in total. The Morgan fingerprint density at radius 3 is 2.86 bits per heavy atom. The second kappa shape index (κ2) is 5.44. The third kappa shape index (κ3) is 2.81. The molecule has 1 aromatic heterocycles. The molecule has 2 unspecified atom stereocenters. The number of hydrogen-bond donors (Lipinski definition) is 1. The molecule has 3 rings (SSSR count). The summed E-state index contributed by atoms with van der Waals surface area (Å²) >= 11 is 0. The molecule has 0 aliphatic heterocycles. The normalized spacial score (nSPS) is 19.9. The van der Waals surface area contributed by atoms with Crippen molar-refractivity contribution in [1.29, 1.82) is 0 Å². The van der Waals surface area contributed by atoms with Gasteiger partial charge in [-0.2, -0.15) is 0 Å². The number of anilines is 1. The first kappa shape index (κ1) is 13.4. The molecule has 0 radical (unpaired) electrons. The van der Waals surface area contributed by atoms with Gasteiger partial charge in [-0.1, -0.05) is 6.07 Å². The molecule has 0 saturated heterocycles. The largest absolute Gasteiger partial charge is 0.469 e. The summed E-state index contributed by atoms with van der Waals surface area (Å²) in [6.45, 7) is 0. The van der Waals surface area contributed by atoms with Gasteiger partial charge in [0.05, 0.1) is 18.9 Å². The predicted molar refractivity (Wildman–Crippen MR) is 76.0 cm³/mol. The molecule has 21 heavy (non-hydrogen) atoms. The first-order chi connectivity index (χ1) is 10.2. The number of rotatable bonds is 4. The van der Waals surface area contributed by atoms with Crippen molar-refractivity contribution >= 4 is 17.6 Å². The van der Waals surface area contributed by atoms with Crippen LogP contribution in [0.5, 0.6) is 0 Å². The minimum absolute atomic E-state index is 0.0570. The number of carbonyl (C=O) groups is 2. The summed E-state index contributed by atoms with van der Waals surface area (Å²) in [5.41, 5.74) is 1.00.